The van der Waals surface area contributed by atoms with E-state index in [-0.39, 0.29) is 12.5 Å². The third kappa shape index (κ3) is 3.22. The highest BCUT2D eigenvalue weighted by atomic mass is 79.9. The number of carbonyl (C=O) groups is 2. The molecule has 2 aromatic rings. The summed E-state index contributed by atoms with van der Waals surface area (Å²) in [6.45, 7) is -0.0121. The lowest BCUT2D eigenvalue weighted by atomic mass is 10.3. The number of carbonyl (C=O) groups excluding carboxylic acids is 2. The molecule has 100 valence electrons. The molecule has 0 spiro atoms. The van der Waals surface area contributed by atoms with E-state index in [1.807, 2.05) is 0 Å². The average Bonchev–Trinajstić information content (AvgIpc) is 2.98. The lowest BCUT2D eigenvalue weighted by Crippen LogP contribution is -2.12. The monoisotopic (exact) mass is 327 g/mol. The lowest BCUT2D eigenvalue weighted by molar-refractivity contribution is -0.141. The van der Waals surface area contributed by atoms with Crippen molar-refractivity contribution in [2.45, 2.75) is 6.54 Å². The molecule has 1 amide bonds. The first-order chi connectivity index (χ1) is 9.10. The summed E-state index contributed by atoms with van der Waals surface area (Å²) in [6.07, 6.45) is 4.37. The van der Waals surface area contributed by atoms with Gasteiger partial charge in [0.05, 0.1) is 30.8 Å². The number of methoxy groups -OCH3 is 1. The van der Waals surface area contributed by atoms with Gasteiger partial charge in [-0.05, 0) is 22.0 Å². The number of hydrogen-bond acceptors (Lipinski definition) is 5. The van der Waals surface area contributed by atoms with Crippen LogP contribution in [0.1, 0.15) is 10.4 Å². The number of nitrogens with one attached hydrogen (secondary N) is 1. The summed E-state index contributed by atoms with van der Waals surface area (Å²) < 4.78 is 11.2. The normalized spacial score (nSPS) is 10.2. The minimum atomic E-state index is -0.418. The van der Waals surface area contributed by atoms with E-state index in [4.69, 9.17) is 4.42 Å². The van der Waals surface area contributed by atoms with Crippen LogP contribution in [0.2, 0.25) is 0 Å². The number of amides is 1. The van der Waals surface area contributed by atoms with E-state index in [0.29, 0.717) is 15.9 Å². The Morgan fingerprint density at radius 2 is 2.37 bits per heavy atom. The zero-order valence-electron chi connectivity index (χ0n) is 9.92. The van der Waals surface area contributed by atoms with Gasteiger partial charge in [0.1, 0.15) is 6.54 Å². The van der Waals surface area contributed by atoms with E-state index < -0.39 is 5.97 Å². The molecule has 0 saturated heterocycles. The quantitative estimate of drug-likeness (QED) is 0.863. The topological polar surface area (TPSA) is 86.4 Å². The van der Waals surface area contributed by atoms with Crippen LogP contribution in [-0.2, 0) is 16.1 Å². The van der Waals surface area contributed by atoms with Gasteiger partial charge in [0.25, 0.3) is 5.91 Å². The lowest BCUT2D eigenvalue weighted by Gasteiger charge is -2.00. The Kier molecular flexibility index (Phi) is 4.00. The maximum absolute atomic E-state index is 11.9. The van der Waals surface area contributed by atoms with Crippen LogP contribution in [0.15, 0.2) is 33.8 Å². The van der Waals surface area contributed by atoms with Crippen molar-refractivity contribution in [3.05, 3.63) is 35.0 Å². The first-order valence-corrected chi connectivity index (χ1v) is 6.03. The summed E-state index contributed by atoms with van der Waals surface area (Å²) in [5.41, 5.74) is 0.850. The van der Waals surface area contributed by atoms with Gasteiger partial charge < -0.3 is 14.5 Å². The molecule has 0 bridgehead atoms. The Labute approximate surface area is 116 Å². The Morgan fingerprint density at radius 1 is 1.58 bits per heavy atom. The van der Waals surface area contributed by atoms with Gasteiger partial charge >= 0.3 is 5.97 Å². The van der Waals surface area contributed by atoms with Crippen LogP contribution >= 0.6 is 15.9 Å². The molecule has 0 atom stereocenters. The Morgan fingerprint density at radius 3 is 3.00 bits per heavy atom. The van der Waals surface area contributed by atoms with E-state index in [0.717, 1.165) is 0 Å². The van der Waals surface area contributed by atoms with Crippen LogP contribution in [-0.4, -0.2) is 28.8 Å². The molecule has 2 heterocycles. The standard InChI is InChI=1S/C11H10BrN3O4/c1-18-9(16)6-15-5-7(4-13-15)14-11(17)8-2-3-19-10(8)12/h2-5H,6H2,1H3,(H,14,17). The molecular weight excluding hydrogens is 318 g/mol. The minimum Gasteiger partial charge on any atom is -0.468 e. The largest absolute Gasteiger partial charge is 0.468 e. The molecule has 7 nitrogen and oxygen atoms in total. The maximum Gasteiger partial charge on any atom is 0.327 e. The molecule has 19 heavy (non-hydrogen) atoms. The van der Waals surface area contributed by atoms with E-state index >= 15 is 0 Å². The molecule has 0 aliphatic heterocycles. The highest BCUT2D eigenvalue weighted by Crippen LogP contribution is 2.19. The fourth-order valence-electron chi connectivity index (χ4n) is 1.37. The smallest absolute Gasteiger partial charge is 0.327 e. The Hall–Kier alpha value is -2.09. The van der Waals surface area contributed by atoms with Gasteiger partial charge in [0.2, 0.25) is 0 Å². The van der Waals surface area contributed by atoms with Crippen molar-refractivity contribution in [3.8, 4) is 0 Å². The van der Waals surface area contributed by atoms with Crippen molar-refractivity contribution < 1.29 is 18.7 Å². The summed E-state index contributed by atoms with van der Waals surface area (Å²) in [4.78, 5) is 22.9. The molecule has 1 N–H and O–H groups in total. The molecule has 0 radical (unpaired) electrons. The zero-order valence-corrected chi connectivity index (χ0v) is 11.5. The van der Waals surface area contributed by atoms with E-state index in [2.05, 4.69) is 31.1 Å². The van der Waals surface area contributed by atoms with Crippen molar-refractivity contribution >= 4 is 33.5 Å². The minimum absolute atomic E-state index is 0.0121. The second-order valence-corrected chi connectivity index (χ2v) is 4.29. The zero-order chi connectivity index (χ0) is 13.8. The number of nitrogens with zero attached hydrogens (tertiary/aromatic N) is 2. The van der Waals surface area contributed by atoms with Crippen LogP contribution in [0.5, 0.6) is 0 Å². The van der Waals surface area contributed by atoms with Crippen molar-refractivity contribution in [2.75, 3.05) is 12.4 Å². The van der Waals surface area contributed by atoms with Crippen LogP contribution in [0.3, 0.4) is 0 Å². The summed E-state index contributed by atoms with van der Waals surface area (Å²) >= 11 is 3.12. The van der Waals surface area contributed by atoms with E-state index in [1.54, 1.807) is 0 Å². The van der Waals surface area contributed by atoms with Crippen LogP contribution in [0, 0.1) is 0 Å². The summed E-state index contributed by atoms with van der Waals surface area (Å²) in [6, 6.07) is 1.54. The first kappa shape index (κ1) is 13.3. The SMILES string of the molecule is COC(=O)Cn1cc(NC(=O)c2ccoc2Br)cn1. The summed E-state index contributed by atoms with van der Waals surface area (Å²) in [5, 5.41) is 6.56. The molecular formula is C11H10BrN3O4. The van der Waals surface area contributed by atoms with Crippen molar-refractivity contribution in [1.29, 1.82) is 0 Å². The maximum atomic E-state index is 11.9. The van der Waals surface area contributed by atoms with Gasteiger partial charge in [-0.3, -0.25) is 14.3 Å². The van der Waals surface area contributed by atoms with E-state index in [9.17, 15) is 9.59 Å². The van der Waals surface area contributed by atoms with Crippen molar-refractivity contribution in [3.63, 3.8) is 0 Å². The molecule has 0 fully saturated rings. The number of rotatable bonds is 4. The van der Waals surface area contributed by atoms with Gasteiger partial charge in [0.15, 0.2) is 4.67 Å². The molecule has 2 rings (SSSR count). The Bertz CT molecular complexity index is 605. The molecule has 0 unspecified atom stereocenters. The fraction of sp³-hybridized carbons (Fsp3) is 0.182. The number of anilines is 1. The van der Waals surface area contributed by atoms with Gasteiger partial charge in [-0.1, -0.05) is 0 Å². The second-order valence-electron chi connectivity index (χ2n) is 3.56. The van der Waals surface area contributed by atoms with Crippen LogP contribution in [0.25, 0.3) is 0 Å². The summed E-state index contributed by atoms with van der Waals surface area (Å²) in [5.74, 6) is -0.753. The molecule has 2 aromatic heterocycles. The third-order valence-electron chi connectivity index (χ3n) is 2.27. The number of halogens is 1. The predicted molar refractivity (Wildman–Crippen MR) is 68.6 cm³/mol. The second kappa shape index (κ2) is 5.70. The van der Waals surface area contributed by atoms with Gasteiger partial charge in [-0.25, -0.2) is 0 Å². The average molecular weight is 328 g/mol. The number of furan rings is 1. The highest BCUT2D eigenvalue weighted by molar-refractivity contribution is 9.10. The van der Waals surface area contributed by atoms with E-state index in [1.165, 1.54) is 36.5 Å². The van der Waals surface area contributed by atoms with Gasteiger partial charge in [-0.15, -0.1) is 0 Å². The predicted octanol–water partition coefficient (Wildman–Crippen LogP) is 1.66. The third-order valence-corrected chi connectivity index (χ3v) is 2.89. The molecule has 8 heteroatoms. The molecule has 0 aromatic carbocycles. The van der Waals surface area contributed by atoms with Gasteiger partial charge in [-0.2, -0.15) is 5.10 Å². The molecule has 0 aliphatic carbocycles. The number of esters is 1. The van der Waals surface area contributed by atoms with Crippen LogP contribution < -0.4 is 5.32 Å². The fourth-order valence-corrected chi connectivity index (χ4v) is 1.79. The number of hydrogen-bond donors (Lipinski definition) is 1. The molecule has 0 aliphatic rings. The van der Waals surface area contributed by atoms with Gasteiger partial charge in [0, 0.05) is 6.20 Å². The van der Waals surface area contributed by atoms with Crippen molar-refractivity contribution in [1.82, 2.24) is 9.78 Å². The molecule has 0 saturated carbocycles. The first-order valence-electron chi connectivity index (χ1n) is 5.23. The number of aromatic nitrogens is 2. The summed E-state index contributed by atoms with van der Waals surface area (Å²) in [7, 11) is 1.30. The highest BCUT2D eigenvalue weighted by Gasteiger charge is 2.13. The Balaban J connectivity index is 2.02. The van der Waals surface area contributed by atoms with Crippen LogP contribution in [0.4, 0.5) is 5.69 Å². The van der Waals surface area contributed by atoms with Crippen molar-refractivity contribution in [2.24, 2.45) is 0 Å². The number of ether oxygens (including phenoxy) is 1.